The second-order valence-corrected chi connectivity index (χ2v) is 4.26. The highest BCUT2D eigenvalue weighted by Crippen LogP contribution is 2.26. The molecule has 18 heavy (non-hydrogen) atoms. The van der Waals surface area contributed by atoms with E-state index >= 15 is 0 Å². The van der Waals surface area contributed by atoms with Crippen LogP contribution in [0.5, 0.6) is 5.75 Å². The largest absolute Gasteiger partial charge is 0.505 e. The van der Waals surface area contributed by atoms with Crippen molar-refractivity contribution in [1.82, 2.24) is 9.61 Å². The number of nitrogens with zero attached hydrogens (tertiary/aromatic N) is 2. The van der Waals surface area contributed by atoms with Crippen molar-refractivity contribution in [2.45, 2.75) is 0 Å². The molecule has 1 N–H and O–H groups in total. The van der Waals surface area contributed by atoms with E-state index in [9.17, 15) is 9.50 Å². The summed E-state index contributed by atoms with van der Waals surface area (Å²) in [6.45, 7) is 0. The van der Waals surface area contributed by atoms with Crippen LogP contribution in [0.3, 0.4) is 0 Å². The molecule has 2 heterocycles. The zero-order chi connectivity index (χ0) is 12.7. The van der Waals surface area contributed by atoms with Crippen molar-refractivity contribution in [3.05, 3.63) is 53.4 Å². The molecule has 0 aliphatic carbocycles. The number of hydrogen-bond acceptors (Lipinski definition) is 2. The van der Waals surface area contributed by atoms with E-state index in [0.29, 0.717) is 16.4 Å². The molecule has 0 unspecified atom stereocenters. The highest BCUT2D eigenvalue weighted by atomic mass is 35.5. The Morgan fingerprint density at radius 2 is 1.89 bits per heavy atom. The van der Waals surface area contributed by atoms with E-state index in [-0.39, 0.29) is 5.75 Å². The summed E-state index contributed by atoms with van der Waals surface area (Å²) in [5.74, 6) is -1.03. The van der Waals surface area contributed by atoms with Crippen molar-refractivity contribution in [3.63, 3.8) is 0 Å². The minimum Gasteiger partial charge on any atom is -0.505 e. The Labute approximate surface area is 107 Å². The van der Waals surface area contributed by atoms with Crippen molar-refractivity contribution < 1.29 is 9.50 Å². The van der Waals surface area contributed by atoms with Gasteiger partial charge in [-0.1, -0.05) is 11.6 Å². The zero-order valence-electron chi connectivity index (χ0n) is 9.14. The Balaban J connectivity index is 2.24. The van der Waals surface area contributed by atoms with Crippen LogP contribution in [-0.4, -0.2) is 14.7 Å². The van der Waals surface area contributed by atoms with E-state index in [4.69, 9.17) is 11.6 Å². The number of hydrogen-bond donors (Lipinski definition) is 1. The molecule has 90 valence electrons. The van der Waals surface area contributed by atoms with Crippen LogP contribution in [0.15, 0.2) is 42.5 Å². The smallest absolute Gasteiger partial charge is 0.165 e. The molecule has 0 spiro atoms. The second-order valence-electron chi connectivity index (χ2n) is 3.88. The van der Waals surface area contributed by atoms with Crippen LogP contribution in [-0.2, 0) is 0 Å². The molecule has 0 fully saturated rings. The average Bonchev–Trinajstić information content (AvgIpc) is 2.75. The highest BCUT2D eigenvalue weighted by Gasteiger charge is 2.08. The summed E-state index contributed by atoms with van der Waals surface area (Å²) in [7, 11) is 0. The van der Waals surface area contributed by atoms with Gasteiger partial charge < -0.3 is 5.11 Å². The fraction of sp³-hybridized carbons (Fsp3) is 0. The molecule has 5 heteroatoms. The highest BCUT2D eigenvalue weighted by molar-refractivity contribution is 6.29. The van der Waals surface area contributed by atoms with Gasteiger partial charge >= 0.3 is 0 Å². The molecule has 0 bridgehead atoms. The molecule has 0 aliphatic rings. The predicted molar refractivity (Wildman–Crippen MR) is 67.3 cm³/mol. The van der Waals surface area contributed by atoms with Gasteiger partial charge in [-0.05, 0) is 42.5 Å². The Hall–Kier alpha value is -2.07. The summed E-state index contributed by atoms with van der Waals surface area (Å²) >= 11 is 5.85. The lowest BCUT2D eigenvalue weighted by molar-refractivity contribution is 0.432. The first kappa shape index (κ1) is 11.0. The van der Waals surface area contributed by atoms with Crippen molar-refractivity contribution in [2.75, 3.05) is 0 Å². The average molecular weight is 263 g/mol. The number of phenolic OH excluding ortho intramolecular Hbond substituents is 1. The summed E-state index contributed by atoms with van der Waals surface area (Å²) in [6.07, 6.45) is 0. The number of benzene rings is 1. The molecule has 3 nitrogen and oxygen atoms in total. The zero-order valence-corrected chi connectivity index (χ0v) is 9.89. The maximum Gasteiger partial charge on any atom is 0.165 e. The van der Waals surface area contributed by atoms with Crippen LogP contribution in [0, 0.1) is 5.82 Å². The third-order valence-corrected chi connectivity index (χ3v) is 2.92. The third-order valence-electron chi connectivity index (χ3n) is 2.72. The van der Waals surface area contributed by atoms with Gasteiger partial charge in [-0.3, -0.25) is 0 Å². The van der Waals surface area contributed by atoms with E-state index in [2.05, 4.69) is 5.10 Å². The van der Waals surface area contributed by atoms with E-state index in [1.165, 1.54) is 12.1 Å². The number of fused-ring (bicyclic) bond motifs is 1. The van der Waals surface area contributed by atoms with Gasteiger partial charge in [0.25, 0.3) is 0 Å². The minimum absolute atomic E-state index is 0.360. The lowest BCUT2D eigenvalue weighted by Crippen LogP contribution is -1.94. The Morgan fingerprint density at radius 1 is 1.11 bits per heavy atom. The van der Waals surface area contributed by atoms with Gasteiger partial charge in [0.15, 0.2) is 11.6 Å². The lowest BCUT2D eigenvalue weighted by Gasteiger charge is -2.03. The topological polar surface area (TPSA) is 37.5 Å². The summed E-state index contributed by atoms with van der Waals surface area (Å²) in [4.78, 5) is 0. The summed E-state index contributed by atoms with van der Waals surface area (Å²) in [5.41, 5.74) is 2.20. The van der Waals surface area contributed by atoms with Crippen molar-refractivity contribution in [1.29, 1.82) is 0 Å². The van der Waals surface area contributed by atoms with Gasteiger partial charge in [0.2, 0.25) is 0 Å². The summed E-state index contributed by atoms with van der Waals surface area (Å²) < 4.78 is 15.0. The molecule has 0 saturated heterocycles. The van der Waals surface area contributed by atoms with Crippen LogP contribution in [0.1, 0.15) is 0 Å². The molecule has 2 aromatic heterocycles. The first-order chi connectivity index (χ1) is 8.65. The van der Waals surface area contributed by atoms with Gasteiger partial charge in [-0.25, -0.2) is 8.91 Å². The number of aromatic hydroxyl groups is 1. The first-order valence-corrected chi connectivity index (χ1v) is 5.66. The SMILES string of the molecule is Oc1ccc(-c2ccc3ccc(Cl)nn23)cc1F. The first-order valence-electron chi connectivity index (χ1n) is 5.28. The Morgan fingerprint density at radius 3 is 2.67 bits per heavy atom. The normalized spacial score (nSPS) is 11.0. The van der Waals surface area contributed by atoms with Crippen molar-refractivity contribution >= 4 is 17.1 Å². The summed E-state index contributed by atoms with van der Waals surface area (Å²) in [6, 6.07) is 11.4. The maximum atomic E-state index is 13.3. The number of halogens is 2. The van der Waals surface area contributed by atoms with E-state index in [0.717, 1.165) is 5.52 Å². The van der Waals surface area contributed by atoms with Crippen molar-refractivity contribution in [3.8, 4) is 17.0 Å². The van der Waals surface area contributed by atoms with Gasteiger partial charge in [0, 0.05) is 5.56 Å². The number of phenols is 1. The Bertz CT molecular complexity index is 739. The lowest BCUT2D eigenvalue weighted by atomic mass is 10.1. The van der Waals surface area contributed by atoms with Crippen molar-refractivity contribution in [2.24, 2.45) is 0 Å². The van der Waals surface area contributed by atoms with E-state index < -0.39 is 5.82 Å². The maximum absolute atomic E-state index is 13.3. The van der Waals surface area contributed by atoms with Crippen LogP contribution >= 0.6 is 11.6 Å². The molecule has 0 atom stereocenters. The number of rotatable bonds is 1. The molecular formula is C13H8ClFN2O. The quantitative estimate of drug-likeness (QED) is 0.729. The van der Waals surface area contributed by atoms with E-state index in [1.54, 1.807) is 16.6 Å². The molecule has 1 aromatic carbocycles. The third kappa shape index (κ3) is 1.71. The van der Waals surface area contributed by atoms with Gasteiger partial charge in [0.1, 0.15) is 5.15 Å². The van der Waals surface area contributed by atoms with E-state index in [1.807, 2.05) is 18.2 Å². The van der Waals surface area contributed by atoms with Crippen LogP contribution in [0.25, 0.3) is 16.8 Å². The predicted octanol–water partition coefficient (Wildman–Crippen LogP) is 3.50. The van der Waals surface area contributed by atoms with Gasteiger partial charge in [-0.2, -0.15) is 5.10 Å². The molecular weight excluding hydrogens is 255 g/mol. The van der Waals surface area contributed by atoms with Crippen LogP contribution in [0.2, 0.25) is 5.15 Å². The summed E-state index contributed by atoms with van der Waals surface area (Å²) in [5, 5.41) is 13.7. The number of aromatic nitrogens is 2. The monoisotopic (exact) mass is 262 g/mol. The van der Waals surface area contributed by atoms with Gasteiger partial charge in [0.05, 0.1) is 11.2 Å². The fourth-order valence-electron chi connectivity index (χ4n) is 1.85. The Kier molecular flexibility index (Phi) is 2.45. The molecule has 3 rings (SSSR count). The van der Waals surface area contributed by atoms with Crippen LogP contribution < -0.4 is 0 Å². The molecule has 0 saturated carbocycles. The molecule has 0 amide bonds. The second kappa shape index (κ2) is 3.99. The minimum atomic E-state index is -0.663. The standard InChI is InChI=1S/C13H8ClFN2O/c14-13-6-3-9-2-4-11(17(9)16-13)8-1-5-12(18)10(15)7-8/h1-7,18H. The van der Waals surface area contributed by atoms with Crippen LogP contribution in [0.4, 0.5) is 4.39 Å². The van der Waals surface area contributed by atoms with Gasteiger partial charge in [-0.15, -0.1) is 0 Å². The molecule has 0 radical (unpaired) electrons. The molecule has 0 aliphatic heterocycles. The molecule has 3 aromatic rings. The fourth-order valence-corrected chi connectivity index (χ4v) is 1.99.